The minimum absolute atomic E-state index is 0.119. The Morgan fingerprint density at radius 3 is 2.96 bits per heavy atom. The lowest BCUT2D eigenvalue weighted by molar-refractivity contribution is 0.0955. The maximum Gasteiger partial charge on any atom is 0.256 e. The van der Waals surface area contributed by atoms with Gasteiger partial charge in [-0.1, -0.05) is 0 Å². The van der Waals surface area contributed by atoms with Crippen molar-refractivity contribution in [2.45, 2.75) is 39.0 Å². The maximum absolute atomic E-state index is 12.4. The van der Waals surface area contributed by atoms with E-state index in [1.807, 2.05) is 24.0 Å². The van der Waals surface area contributed by atoms with Crippen molar-refractivity contribution in [3.63, 3.8) is 0 Å². The van der Waals surface area contributed by atoms with Gasteiger partial charge in [0.15, 0.2) is 0 Å². The van der Waals surface area contributed by atoms with Gasteiger partial charge in [0, 0.05) is 43.8 Å². The number of hydrogen-bond acceptors (Lipinski definition) is 4. The Hall–Kier alpha value is -2.70. The first kappa shape index (κ1) is 15.8. The molecule has 1 amide bonds. The van der Waals surface area contributed by atoms with Crippen molar-refractivity contribution in [3.8, 4) is 0 Å². The fourth-order valence-corrected chi connectivity index (χ4v) is 3.55. The molecule has 4 rings (SSSR count). The first-order chi connectivity index (χ1) is 12.1. The minimum Gasteiger partial charge on any atom is -0.351 e. The first-order valence-corrected chi connectivity index (χ1v) is 8.75. The van der Waals surface area contributed by atoms with E-state index < -0.39 is 0 Å². The van der Waals surface area contributed by atoms with E-state index in [4.69, 9.17) is 4.98 Å². The predicted octanol–water partition coefficient (Wildman–Crippen LogP) is 1.62. The van der Waals surface area contributed by atoms with Crippen LogP contribution < -0.4 is 5.32 Å². The third kappa shape index (κ3) is 2.90. The van der Waals surface area contributed by atoms with Crippen LogP contribution in [0.4, 0.5) is 0 Å². The topological polar surface area (TPSA) is 77.1 Å². The third-order valence-electron chi connectivity index (χ3n) is 4.85. The number of fused-ring (bicyclic) bond motifs is 2. The second-order valence-corrected chi connectivity index (χ2v) is 6.60. The number of carbonyl (C=O) groups is 1. The summed E-state index contributed by atoms with van der Waals surface area (Å²) < 4.78 is 3.59. The molecule has 0 fully saturated rings. The van der Waals surface area contributed by atoms with Crippen molar-refractivity contribution < 1.29 is 4.79 Å². The van der Waals surface area contributed by atoms with Crippen LogP contribution in [0.25, 0.3) is 5.65 Å². The van der Waals surface area contributed by atoms with E-state index in [0.717, 1.165) is 30.0 Å². The van der Waals surface area contributed by atoms with Crippen LogP contribution in [0, 0.1) is 6.92 Å². The fourth-order valence-electron chi connectivity index (χ4n) is 3.55. The Balaban J connectivity index is 1.43. The zero-order valence-corrected chi connectivity index (χ0v) is 14.6. The van der Waals surface area contributed by atoms with Crippen molar-refractivity contribution in [2.75, 3.05) is 6.54 Å². The molecule has 0 unspecified atom stereocenters. The van der Waals surface area contributed by atoms with Crippen LogP contribution in [0.1, 0.15) is 46.0 Å². The van der Waals surface area contributed by atoms with Gasteiger partial charge < -0.3 is 9.88 Å². The van der Waals surface area contributed by atoms with E-state index in [-0.39, 0.29) is 5.91 Å². The molecule has 25 heavy (non-hydrogen) atoms. The molecule has 0 radical (unpaired) electrons. The lowest BCUT2D eigenvalue weighted by Gasteiger charge is -2.17. The van der Waals surface area contributed by atoms with E-state index in [1.54, 1.807) is 10.7 Å². The molecule has 0 aliphatic heterocycles. The second-order valence-electron chi connectivity index (χ2n) is 6.60. The molecule has 3 aromatic heterocycles. The van der Waals surface area contributed by atoms with Gasteiger partial charge in [-0.15, -0.1) is 0 Å². The van der Waals surface area contributed by atoms with Gasteiger partial charge in [-0.3, -0.25) is 4.79 Å². The van der Waals surface area contributed by atoms with Gasteiger partial charge >= 0.3 is 0 Å². The predicted molar refractivity (Wildman–Crippen MR) is 93.6 cm³/mol. The van der Waals surface area contributed by atoms with Gasteiger partial charge in [0.05, 0.1) is 6.20 Å². The SMILES string of the molecule is Cc1nc(CCNC(=O)c2cnn3ccn(C)c23)nc2c1CCCC2. The molecular weight excluding hydrogens is 316 g/mol. The van der Waals surface area contributed by atoms with Crippen molar-refractivity contribution in [1.29, 1.82) is 0 Å². The normalized spacial score (nSPS) is 13.8. The number of aryl methyl sites for hydroxylation is 3. The Kier molecular flexibility index (Phi) is 3.99. The summed E-state index contributed by atoms with van der Waals surface area (Å²) in [5.74, 6) is 0.698. The maximum atomic E-state index is 12.4. The highest BCUT2D eigenvalue weighted by molar-refractivity contribution is 5.99. The molecule has 7 nitrogen and oxygen atoms in total. The van der Waals surface area contributed by atoms with Crippen molar-refractivity contribution >= 4 is 11.6 Å². The number of nitrogens with one attached hydrogen (secondary N) is 1. The van der Waals surface area contributed by atoms with Gasteiger partial charge in [0.2, 0.25) is 0 Å². The number of hydrogen-bond donors (Lipinski definition) is 1. The summed E-state index contributed by atoms with van der Waals surface area (Å²) in [7, 11) is 1.90. The number of amides is 1. The molecule has 1 aliphatic rings. The standard InChI is InChI=1S/C18H22N6O/c1-12-13-5-3-4-6-15(13)22-16(21-12)7-8-19-17(25)14-11-20-24-10-9-23(2)18(14)24/h9-11H,3-8H2,1-2H3,(H,19,25). The van der Waals surface area contributed by atoms with Gasteiger partial charge in [-0.25, -0.2) is 14.5 Å². The summed E-state index contributed by atoms with van der Waals surface area (Å²) in [4.78, 5) is 21.8. The quantitative estimate of drug-likeness (QED) is 0.784. The average Bonchev–Trinajstić information content (AvgIpc) is 3.18. The summed E-state index contributed by atoms with van der Waals surface area (Å²) in [6, 6.07) is 0. The van der Waals surface area contributed by atoms with Crippen LogP contribution >= 0.6 is 0 Å². The van der Waals surface area contributed by atoms with Gasteiger partial charge in [-0.2, -0.15) is 5.10 Å². The summed E-state index contributed by atoms with van der Waals surface area (Å²) in [5.41, 5.74) is 4.98. The van der Waals surface area contributed by atoms with E-state index in [0.29, 0.717) is 18.5 Å². The molecule has 3 aromatic rings. The van der Waals surface area contributed by atoms with Crippen LogP contribution in [0.3, 0.4) is 0 Å². The van der Waals surface area contributed by atoms with E-state index >= 15 is 0 Å². The highest BCUT2D eigenvalue weighted by Crippen LogP contribution is 2.21. The Labute approximate surface area is 146 Å². The fraction of sp³-hybridized carbons (Fsp3) is 0.444. The smallest absolute Gasteiger partial charge is 0.256 e. The summed E-state index contributed by atoms with van der Waals surface area (Å²) in [5, 5.41) is 7.15. The van der Waals surface area contributed by atoms with Crippen LogP contribution in [0.15, 0.2) is 18.6 Å². The van der Waals surface area contributed by atoms with Crippen LogP contribution in [0.5, 0.6) is 0 Å². The molecule has 1 aliphatic carbocycles. The number of aromatic nitrogens is 5. The number of rotatable bonds is 4. The minimum atomic E-state index is -0.119. The Morgan fingerprint density at radius 2 is 2.08 bits per heavy atom. The lowest BCUT2D eigenvalue weighted by Crippen LogP contribution is -2.26. The average molecular weight is 338 g/mol. The lowest BCUT2D eigenvalue weighted by atomic mass is 9.95. The van der Waals surface area contributed by atoms with Crippen LogP contribution in [0.2, 0.25) is 0 Å². The highest BCUT2D eigenvalue weighted by Gasteiger charge is 2.17. The molecule has 0 saturated carbocycles. The molecular formula is C18H22N6O. The van der Waals surface area contributed by atoms with Crippen molar-refractivity contribution in [3.05, 3.63) is 46.9 Å². The van der Waals surface area contributed by atoms with Gasteiger partial charge in [0.1, 0.15) is 17.0 Å². The van der Waals surface area contributed by atoms with Crippen molar-refractivity contribution in [2.24, 2.45) is 7.05 Å². The number of imidazole rings is 1. The summed E-state index contributed by atoms with van der Waals surface area (Å²) in [6.45, 7) is 2.58. The molecule has 130 valence electrons. The summed E-state index contributed by atoms with van der Waals surface area (Å²) in [6.07, 6.45) is 10.5. The van der Waals surface area contributed by atoms with Gasteiger partial charge in [0.25, 0.3) is 5.91 Å². The monoisotopic (exact) mass is 338 g/mol. The molecule has 0 atom stereocenters. The second kappa shape index (κ2) is 6.31. The Morgan fingerprint density at radius 1 is 1.24 bits per heavy atom. The molecule has 1 N–H and O–H groups in total. The summed E-state index contributed by atoms with van der Waals surface area (Å²) >= 11 is 0. The largest absolute Gasteiger partial charge is 0.351 e. The molecule has 0 aromatic carbocycles. The van der Waals surface area contributed by atoms with Crippen LogP contribution in [-0.2, 0) is 26.3 Å². The van der Waals surface area contributed by atoms with E-state index in [2.05, 4.69) is 22.3 Å². The molecule has 0 bridgehead atoms. The van der Waals surface area contributed by atoms with Gasteiger partial charge in [-0.05, 0) is 38.2 Å². The van der Waals surface area contributed by atoms with Crippen molar-refractivity contribution in [1.82, 2.24) is 29.5 Å². The molecule has 0 spiro atoms. The molecule has 3 heterocycles. The highest BCUT2D eigenvalue weighted by atomic mass is 16.1. The van der Waals surface area contributed by atoms with E-state index in [9.17, 15) is 4.79 Å². The Bertz CT molecular complexity index is 939. The zero-order chi connectivity index (χ0) is 17.4. The van der Waals surface area contributed by atoms with Crippen LogP contribution in [-0.4, -0.2) is 36.6 Å². The number of nitrogens with zero attached hydrogens (tertiary/aromatic N) is 5. The molecule has 0 saturated heterocycles. The molecule has 7 heteroatoms. The zero-order valence-electron chi connectivity index (χ0n) is 14.6. The number of carbonyl (C=O) groups excluding carboxylic acids is 1. The third-order valence-corrected chi connectivity index (χ3v) is 4.85. The van der Waals surface area contributed by atoms with E-state index in [1.165, 1.54) is 24.1 Å². The first-order valence-electron chi connectivity index (χ1n) is 8.75.